The van der Waals surface area contributed by atoms with Crippen LogP contribution in [0.5, 0.6) is 5.75 Å². The lowest BCUT2D eigenvalue weighted by Crippen LogP contribution is -2.10. The minimum Gasteiger partial charge on any atom is -0.489 e. The summed E-state index contributed by atoms with van der Waals surface area (Å²) in [6.07, 6.45) is 1.78. The van der Waals surface area contributed by atoms with Crippen molar-refractivity contribution in [1.29, 1.82) is 0 Å². The standard InChI is InChI=1S/C29H32N6O3S/c1-16(2)37-25-13-18(5)21(24-14-19(6)35-38-24)15-23(25)32-29-33-27-20(11-12-30-27)28(34-29)31-22-9-7-8-10-26(22)39(36)17(3)4/h7-17H,1-6H3,(H3,30,31,32,33,34). The molecule has 5 aromatic rings. The first-order valence-corrected chi connectivity index (χ1v) is 14.0. The molecule has 10 heteroatoms. The monoisotopic (exact) mass is 544 g/mol. The lowest BCUT2D eigenvalue weighted by molar-refractivity contribution is 0.243. The van der Waals surface area contributed by atoms with Gasteiger partial charge in [0.2, 0.25) is 5.95 Å². The van der Waals surface area contributed by atoms with Crippen LogP contribution < -0.4 is 15.4 Å². The Bertz CT molecular complexity index is 1660. The van der Waals surface area contributed by atoms with Crippen LogP contribution in [0.25, 0.3) is 22.4 Å². The first kappa shape index (κ1) is 26.4. The van der Waals surface area contributed by atoms with Crippen LogP contribution in [0.1, 0.15) is 39.0 Å². The Morgan fingerprint density at radius 3 is 2.49 bits per heavy atom. The summed E-state index contributed by atoms with van der Waals surface area (Å²) in [5.41, 5.74) is 4.76. The van der Waals surface area contributed by atoms with E-state index in [4.69, 9.17) is 19.2 Å². The molecule has 2 aromatic carbocycles. The Morgan fingerprint density at radius 1 is 0.974 bits per heavy atom. The first-order chi connectivity index (χ1) is 18.7. The van der Waals surface area contributed by atoms with E-state index in [1.165, 1.54) is 0 Å². The van der Waals surface area contributed by atoms with E-state index < -0.39 is 10.8 Å². The van der Waals surface area contributed by atoms with Crippen LogP contribution in [-0.2, 0) is 10.8 Å². The largest absolute Gasteiger partial charge is 0.489 e. The fraction of sp³-hybridized carbons (Fsp3) is 0.276. The molecule has 0 bridgehead atoms. The molecule has 202 valence electrons. The highest BCUT2D eigenvalue weighted by atomic mass is 32.2. The predicted octanol–water partition coefficient (Wildman–Crippen LogP) is 7.02. The number of fused-ring (bicyclic) bond motifs is 1. The minimum atomic E-state index is -1.17. The van der Waals surface area contributed by atoms with Crippen LogP contribution in [0.2, 0.25) is 0 Å². The van der Waals surface area contributed by atoms with Gasteiger partial charge >= 0.3 is 0 Å². The second-order valence-corrected chi connectivity index (χ2v) is 11.9. The molecule has 0 saturated heterocycles. The Balaban J connectivity index is 1.57. The minimum absolute atomic E-state index is 0.0221. The lowest BCUT2D eigenvalue weighted by Gasteiger charge is -2.18. The molecule has 0 spiro atoms. The summed E-state index contributed by atoms with van der Waals surface area (Å²) in [5, 5.41) is 11.6. The van der Waals surface area contributed by atoms with E-state index in [-0.39, 0.29) is 11.4 Å². The fourth-order valence-electron chi connectivity index (χ4n) is 4.23. The van der Waals surface area contributed by atoms with Crippen molar-refractivity contribution in [3.63, 3.8) is 0 Å². The fourth-order valence-corrected chi connectivity index (χ4v) is 5.28. The summed E-state index contributed by atoms with van der Waals surface area (Å²) in [6, 6.07) is 15.3. The van der Waals surface area contributed by atoms with Gasteiger partial charge < -0.3 is 24.9 Å². The number of rotatable bonds is 9. The summed E-state index contributed by atoms with van der Waals surface area (Å²) in [4.78, 5) is 13.4. The summed E-state index contributed by atoms with van der Waals surface area (Å²) in [7, 11) is -1.17. The molecule has 3 aromatic heterocycles. The zero-order valence-electron chi connectivity index (χ0n) is 22.8. The zero-order chi connectivity index (χ0) is 27.7. The topological polar surface area (TPSA) is 118 Å². The Hall–Kier alpha value is -4.18. The number of H-pyrrole nitrogens is 1. The first-order valence-electron chi connectivity index (χ1n) is 12.8. The average Bonchev–Trinajstić information content (AvgIpc) is 3.54. The highest BCUT2D eigenvalue weighted by Crippen LogP contribution is 2.37. The van der Waals surface area contributed by atoms with Crippen molar-refractivity contribution < 1.29 is 13.5 Å². The van der Waals surface area contributed by atoms with Crippen molar-refractivity contribution in [1.82, 2.24) is 20.1 Å². The van der Waals surface area contributed by atoms with E-state index >= 15 is 0 Å². The van der Waals surface area contributed by atoms with Gasteiger partial charge in [-0.25, -0.2) is 0 Å². The second kappa shape index (κ2) is 10.9. The van der Waals surface area contributed by atoms with Gasteiger partial charge in [-0.3, -0.25) is 4.21 Å². The molecule has 0 fully saturated rings. The van der Waals surface area contributed by atoms with E-state index in [9.17, 15) is 4.21 Å². The second-order valence-electron chi connectivity index (χ2n) is 9.89. The molecular formula is C29H32N6O3S. The van der Waals surface area contributed by atoms with Gasteiger partial charge in [-0.2, -0.15) is 9.97 Å². The molecule has 5 rings (SSSR count). The number of aromatic nitrogens is 4. The van der Waals surface area contributed by atoms with Crippen LogP contribution in [0.4, 0.5) is 23.1 Å². The third-order valence-corrected chi connectivity index (χ3v) is 7.68. The van der Waals surface area contributed by atoms with Gasteiger partial charge in [-0.15, -0.1) is 0 Å². The van der Waals surface area contributed by atoms with Gasteiger partial charge in [0.25, 0.3) is 0 Å². The maximum absolute atomic E-state index is 13.0. The van der Waals surface area contributed by atoms with Gasteiger partial charge in [-0.1, -0.05) is 31.1 Å². The molecule has 0 radical (unpaired) electrons. The van der Waals surface area contributed by atoms with Gasteiger partial charge in [-0.05, 0) is 63.6 Å². The lowest BCUT2D eigenvalue weighted by atomic mass is 10.0. The Labute approximate surface area is 229 Å². The molecule has 0 amide bonds. The number of anilines is 4. The van der Waals surface area contributed by atoms with Gasteiger partial charge in [0, 0.05) is 23.1 Å². The molecule has 39 heavy (non-hydrogen) atoms. The van der Waals surface area contributed by atoms with Crippen molar-refractivity contribution in [2.24, 2.45) is 0 Å². The number of aryl methyl sites for hydroxylation is 2. The smallest absolute Gasteiger partial charge is 0.231 e. The van der Waals surface area contributed by atoms with Crippen molar-refractivity contribution in [3.05, 3.63) is 66.0 Å². The molecule has 1 unspecified atom stereocenters. The van der Waals surface area contributed by atoms with Crippen LogP contribution in [0.3, 0.4) is 0 Å². The number of hydrogen-bond acceptors (Lipinski definition) is 8. The molecule has 0 aliphatic heterocycles. The molecule has 9 nitrogen and oxygen atoms in total. The molecule has 0 aliphatic rings. The Morgan fingerprint density at radius 2 is 1.77 bits per heavy atom. The molecule has 0 saturated carbocycles. The van der Waals surface area contributed by atoms with Crippen molar-refractivity contribution in [3.8, 4) is 17.1 Å². The molecule has 1 atom stereocenters. The van der Waals surface area contributed by atoms with Crippen LogP contribution in [0, 0.1) is 13.8 Å². The number of para-hydroxylation sites is 1. The van der Waals surface area contributed by atoms with E-state index in [1.54, 1.807) is 0 Å². The zero-order valence-corrected chi connectivity index (χ0v) is 23.6. The average molecular weight is 545 g/mol. The van der Waals surface area contributed by atoms with E-state index in [0.29, 0.717) is 34.6 Å². The van der Waals surface area contributed by atoms with E-state index in [2.05, 4.69) is 20.8 Å². The molecule has 3 heterocycles. The molecule has 3 N–H and O–H groups in total. The highest BCUT2D eigenvalue weighted by molar-refractivity contribution is 7.85. The quantitative estimate of drug-likeness (QED) is 0.181. The van der Waals surface area contributed by atoms with Crippen molar-refractivity contribution in [2.45, 2.75) is 57.8 Å². The number of ether oxygens (including phenoxy) is 1. The van der Waals surface area contributed by atoms with Crippen molar-refractivity contribution >= 4 is 45.0 Å². The summed E-state index contributed by atoms with van der Waals surface area (Å²) >= 11 is 0. The number of nitrogens with one attached hydrogen (secondary N) is 3. The van der Waals surface area contributed by atoms with Crippen LogP contribution >= 0.6 is 0 Å². The van der Waals surface area contributed by atoms with Gasteiger partial charge in [0.1, 0.15) is 17.2 Å². The van der Waals surface area contributed by atoms with Crippen LogP contribution in [0.15, 0.2) is 64.1 Å². The number of benzene rings is 2. The SMILES string of the molecule is Cc1cc(-c2cc(Nc3nc(Nc4ccccc4S(=O)C(C)C)c4cc[nH]c4n3)c(OC(C)C)cc2C)on1. The summed E-state index contributed by atoms with van der Waals surface area (Å²) in [5.74, 6) is 2.29. The predicted molar refractivity (Wildman–Crippen MR) is 156 cm³/mol. The maximum atomic E-state index is 13.0. The van der Waals surface area contributed by atoms with E-state index in [0.717, 1.165) is 32.8 Å². The number of nitrogens with zero attached hydrogens (tertiary/aromatic N) is 3. The van der Waals surface area contributed by atoms with Crippen molar-refractivity contribution in [2.75, 3.05) is 10.6 Å². The van der Waals surface area contributed by atoms with E-state index in [1.807, 2.05) is 96.3 Å². The maximum Gasteiger partial charge on any atom is 0.231 e. The van der Waals surface area contributed by atoms with Crippen LogP contribution in [-0.4, -0.2) is 35.7 Å². The normalized spacial score (nSPS) is 12.3. The molecular weight excluding hydrogens is 512 g/mol. The third kappa shape index (κ3) is 5.65. The number of aromatic amines is 1. The number of hydrogen-bond donors (Lipinski definition) is 3. The summed E-state index contributed by atoms with van der Waals surface area (Å²) < 4.78 is 24.7. The Kier molecular flexibility index (Phi) is 7.38. The molecule has 0 aliphatic carbocycles. The summed E-state index contributed by atoms with van der Waals surface area (Å²) in [6.45, 7) is 11.7. The third-order valence-electron chi connectivity index (χ3n) is 6.03. The van der Waals surface area contributed by atoms with Gasteiger partial charge in [0.05, 0.1) is 44.3 Å². The highest BCUT2D eigenvalue weighted by Gasteiger charge is 2.18. The van der Waals surface area contributed by atoms with Gasteiger partial charge in [0.15, 0.2) is 5.76 Å².